The summed E-state index contributed by atoms with van der Waals surface area (Å²) in [4.78, 5) is 12.1. The first kappa shape index (κ1) is 22.3. The van der Waals surface area contributed by atoms with E-state index in [1.54, 1.807) is 25.3 Å². The highest BCUT2D eigenvalue weighted by molar-refractivity contribution is 8.00. The second-order valence-electron chi connectivity index (χ2n) is 7.46. The predicted molar refractivity (Wildman–Crippen MR) is 130 cm³/mol. The molecule has 1 saturated heterocycles. The lowest BCUT2D eigenvalue weighted by Gasteiger charge is -2.14. The van der Waals surface area contributed by atoms with Gasteiger partial charge < -0.3 is 14.2 Å². The number of carbonyl (C=O) groups excluding carboxylic acids is 1. The van der Waals surface area contributed by atoms with E-state index in [0.717, 1.165) is 11.4 Å². The molecule has 5 rings (SSSR count). The zero-order valence-corrected chi connectivity index (χ0v) is 19.8. The average Bonchev–Trinajstić information content (AvgIpc) is 3.46. The van der Waals surface area contributed by atoms with Crippen LogP contribution in [0.3, 0.4) is 0 Å². The van der Waals surface area contributed by atoms with Gasteiger partial charge in [0.1, 0.15) is 22.5 Å². The number of nitrogens with zero attached hydrogens (tertiary/aromatic N) is 3. The van der Waals surface area contributed by atoms with Crippen LogP contribution in [0.4, 0.5) is 0 Å². The summed E-state index contributed by atoms with van der Waals surface area (Å²) in [6, 6.07) is 22.5. The molecule has 1 aromatic heterocycles. The zero-order valence-electron chi connectivity index (χ0n) is 18.2. The molecule has 1 atom stereocenters. The van der Waals surface area contributed by atoms with Gasteiger partial charge in [-0.15, -0.1) is 10.2 Å². The monoisotopic (exact) mass is 493 g/mol. The molecule has 9 heteroatoms. The van der Waals surface area contributed by atoms with Crippen LogP contribution in [0.2, 0.25) is 5.02 Å². The van der Waals surface area contributed by atoms with Gasteiger partial charge in [0.25, 0.3) is 0 Å². The number of hydrogen-bond acceptors (Lipinski definition) is 7. The quantitative estimate of drug-likeness (QED) is 0.301. The van der Waals surface area contributed by atoms with Gasteiger partial charge in [0, 0.05) is 11.4 Å². The van der Waals surface area contributed by atoms with E-state index in [9.17, 15) is 4.79 Å². The fraction of sp³-hybridized carbons (Fsp3) is 0.160. The van der Waals surface area contributed by atoms with Crippen molar-refractivity contribution in [3.63, 3.8) is 0 Å². The summed E-state index contributed by atoms with van der Waals surface area (Å²) in [7, 11) is 1.59. The number of benzene rings is 3. The van der Waals surface area contributed by atoms with E-state index in [4.69, 9.17) is 25.8 Å². The molecule has 0 bridgehead atoms. The Morgan fingerprint density at radius 1 is 1.03 bits per heavy atom. The Kier molecular flexibility index (Phi) is 6.42. The van der Waals surface area contributed by atoms with Crippen LogP contribution in [0.5, 0.6) is 17.2 Å². The molecule has 0 aliphatic carbocycles. The summed E-state index contributed by atoms with van der Waals surface area (Å²) < 4.78 is 18.5. The Bertz CT molecular complexity index is 1310. The summed E-state index contributed by atoms with van der Waals surface area (Å²) in [6.45, 7) is 0.408. The van der Waals surface area contributed by atoms with Gasteiger partial charge >= 0.3 is 5.97 Å². The lowest BCUT2D eigenvalue weighted by Crippen LogP contribution is -2.11. The van der Waals surface area contributed by atoms with Crippen molar-refractivity contribution in [2.75, 3.05) is 13.7 Å². The van der Waals surface area contributed by atoms with Gasteiger partial charge in [0.05, 0.1) is 25.0 Å². The number of rotatable bonds is 7. The van der Waals surface area contributed by atoms with Crippen molar-refractivity contribution in [3.05, 3.63) is 77.8 Å². The largest absolute Gasteiger partial charge is 0.496 e. The number of hydrogen-bond donors (Lipinski definition) is 0. The van der Waals surface area contributed by atoms with E-state index in [-0.39, 0.29) is 11.2 Å². The SMILES string of the molecule is COc1ccc(Cl)cc1-c1nnc(S[C@@H]2CCOC2=O)n1-c1ccc(Oc2ccccc2)cc1. The van der Waals surface area contributed by atoms with E-state index in [1.807, 2.05) is 59.2 Å². The standard InChI is InChI=1S/C25H20ClN3O4S/c1-31-21-12-7-16(26)15-20(21)23-27-28-25(34-22-13-14-32-24(22)30)29(23)17-8-10-19(11-9-17)33-18-5-3-2-4-6-18/h2-12,15,22H,13-14H2,1H3/t22-/m1/s1. The molecule has 0 amide bonds. The molecule has 34 heavy (non-hydrogen) atoms. The number of halogens is 1. The highest BCUT2D eigenvalue weighted by Crippen LogP contribution is 2.37. The Morgan fingerprint density at radius 2 is 1.79 bits per heavy atom. The fourth-order valence-corrected chi connectivity index (χ4v) is 4.80. The van der Waals surface area contributed by atoms with Gasteiger partial charge in [-0.2, -0.15) is 0 Å². The van der Waals surface area contributed by atoms with Gasteiger partial charge in [0.2, 0.25) is 0 Å². The Morgan fingerprint density at radius 3 is 2.50 bits per heavy atom. The summed E-state index contributed by atoms with van der Waals surface area (Å²) in [5, 5.41) is 9.62. The van der Waals surface area contributed by atoms with Crippen molar-refractivity contribution < 1.29 is 19.0 Å². The van der Waals surface area contributed by atoms with Gasteiger partial charge in [-0.25, -0.2) is 0 Å². The van der Waals surface area contributed by atoms with Crippen LogP contribution < -0.4 is 9.47 Å². The van der Waals surface area contributed by atoms with Crippen LogP contribution in [0.1, 0.15) is 6.42 Å². The van der Waals surface area contributed by atoms with E-state index < -0.39 is 0 Å². The van der Waals surface area contributed by atoms with Crippen molar-refractivity contribution in [3.8, 4) is 34.3 Å². The molecule has 1 aliphatic heterocycles. The Balaban J connectivity index is 1.55. The van der Waals surface area contributed by atoms with Gasteiger partial charge in [-0.1, -0.05) is 41.6 Å². The van der Waals surface area contributed by atoms with Crippen LogP contribution in [-0.4, -0.2) is 39.7 Å². The minimum atomic E-state index is -0.335. The average molecular weight is 494 g/mol. The van der Waals surface area contributed by atoms with Gasteiger partial charge in [-0.05, 0) is 54.6 Å². The zero-order chi connectivity index (χ0) is 23.5. The lowest BCUT2D eigenvalue weighted by molar-refractivity contribution is -0.137. The second-order valence-corrected chi connectivity index (χ2v) is 9.06. The summed E-state index contributed by atoms with van der Waals surface area (Å²) in [5.74, 6) is 2.36. The molecule has 0 radical (unpaired) electrons. The number of carbonyl (C=O) groups is 1. The number of esters is 1. The number of aromatic nitrogens is 3. The molecular weight excluding hydrogens is 474 g/mol. The van der Waals surface area contributed by atoms with Gasteiger partial charge in [0.15, 0.2) is 11.0 Å². The topological polar surface area (TPSA) is 75.5 Å². The Labute approximate surface area is 205 Å². The smallest absolute Gasteiger partial charge is 0.319 e. The molecule has 0 N–H and O–H groups in total. The van der Waals surface area contributed by atoms with Crippen LogP contribution in [-0.2, 0) is 9.53 Å². The molecule has 4 aromatic rings. The van der Waals surface area contributed by atoms with E-state index in [1.165, 1.54) is 11.8 Å². The molecule has 172 valence electrons. The van der Waals surface area contributed by atoms with Crippen molar-refractivity contribution >= 4 is 29.3 Å². The predicted octanol–water partition coefficient (Wildman–Crippen LogP) is 5.80. The maximum absolute atomic E-state index is 12.1. The van der Waals surface area contributed by atoms with E-state index in [0.29, 0.717) is 46.1 Å². The van der Waals surface area contributed by atoms with Crippen molar-refractivity contribution in [1.82, 2.24) is 14.8 Å². The van der Waals surface area contributed by atoms with Crippen LogP contribution >= 0.6 is 23.4 Å². The summed E-state index contributed by atoms with van der Waals surface area (Å²) >= 11 is 7.62. The molecule has 7 nitrogen and oxygen atoms in total. The maximum atomic E-state index is 12.1. The highest BCUT2D eigenvalue weighted by Gasteiger charge is 2.31. The van der Waals surface area contributed by atoms with Crippen LogP contribution in [0, 0.1) is 0 Å². The minimum absolute atomic E-state index is 0.243. The fourth-order valence-electron chi connectivity index (χ4n) is 3.61. The minimum Gasteiger partial charge on any atom is -0.496 e. The second kappa shape index (κ2) is 9.79. The Hall–Kier alpha value is -3.49. The highest BCUT2D eigenvalue weighted by atomic mass is 35.5. The number of ether oxygens (including phenoxy) is 3. The first-order valence-electron chi connectivity index (χ1n) is 10.6. The molecule has 1 fully saturated rings. The van der Waals surface area contributed by atoms with Crippen LogP contribution in [0.25, 0.3) is 17.1 Å². The number of cyclic esters (lactones) is 1. The maximum Gasteiger partial charge on any atom is 0.319 e. The first-order valence-corrected chi connectivity index (χ1v) is 11.8. The normalized spacial score (nSPS) is 15.2. The van der Waals surface area contributed by atoms with Gasteiger partial charge in [-0.3, -0.25) is 9.36 Å². The molecule has 1 aliphatic rings. The van der Waals surface area contributed by atoms with Crippen LogP contribution in [0.15, 0.2) is 78.0 Å². The molecular formula is C25H20ClN3O4S. The van der Waals surface area contributed by atoms with Crippen molar-refractivity contribution in [1.29, 1.82) is 0 Å². The first-order chi connectivity index (χ1) is 16.6. The third-order valence-corrected chi connectivity index (χ3v) is 6.67. The summed E-state index contributed by atoms with van der Waals surface area (Å²) in [5.41, 5.74) is 1.49. The third kappa shape index (κ3) is 4.60. The molecule has 3 aromatic carbocycles. The molecule has 0 unspecified atom stereocenters. The molecule has 0 spiro atoms. The molecule has 2 heterocycles. The third-order valence-electron chi connectivity index (χ3n) is 5.24. The van der Waals surface area contributed by atoms with Crippen molar-refractivity contribution in [2.24, 2.45) is 0 Å². The number of thioether (sulfide) groups is 1. The molecule has 0 saturated carbocycles. The lowest BCUT2D eigenvalue weighted by atomic mass is 10.2. The van der Waals surface area contributed by atoms with E-state index >= 15 is 0 Å². The van der Waals surface area contributed by atoms with Crippen molar-refractivity contribution in [2.45, 2.75) is 16.8 Å². The van der Waals surface area contributed by atoms with E-state index in [2.05, 4.69) is 10.2 Å². The number of methoxy groups -OCH3 is 1. The number of para-hydroxylation sites is 1. The summed E-state index contributed by atoms with van der Waals surface area (Å²) in [6.07, 6.45) is 0.621.